The molecule has 26 heavy (non-hydrogen) atoms. The van der Waals surface area contributed by atoms with E-state index in [0.717, 1.165) is 16.5 Å². The van der Waals surface area contributed by atoms with Gasteiger partial charge in [0.1, 0.15) is 0 Å². The lowest BCUT2D eigenvalue weighted by Gasteiger charge is -2.12. The second-order valence-corrected chi connectivity index (χ2v) is 5.63. The average Bonchev–Trinajstić information content (AvgIpc) is 2.67. The Morgan fingerprint density at radius 1 is 1.15 bits per heavy atom. The molecular formula is C21H20N2O3. The van der Waals surface area contributed by atoms with Gasteiger partial charge in [0.05, 0.1) is 18.3 Å². The third kappa shape index (κ3) is 4.00. The van der Waals surface area contributed by atoms with Gasteiger partial charge in [0, 0.05) is 11.6 Å². The van der Waals surface area contributed by atoms with Gasteiger partial charge in [0.2, 0.25) is 0 Å². The molecule has 1 N–H and O–H groups in total. The van der Waals surface area contributed by atoms with Crippen LogP contribution in [0.3, 0.4) is 0 Å². The maximum absolute atomic E-state index is 12.3. The van der Waals surface area contributed by atoms with Crippen LogP contribution in [0, 0.1) is 0 Å². The molecule has 0 saturated heterocycles. The molecule has 2 aromatic carbocycles. The zero-order chi connectivity index (χ0) is 18.4. The first kappa shape index (κ1) is 17.5. The van der Waals surface area contributed by atoms with E-state index in [-0.39, 0.29) is 12.5 Å². The van der Waals surface area contributed by atoms with E-state index in [4.69, 9.17) is 9.47 Å². The molecule has 3 aromatic rings. The first-order valence-corrected chi connectivity index (χ1v) is 8.28. The standard InChI is InChI=1S/C21H20N2O3/c1-3-6-15-10-11-18(19(13-15)25-2)26-14-20(24)23-17-9-4-7-16-8-5-12-22-21(16)17/h3-13H,14H2,1-2H3,(H,23,24). The molecule has 1 heterocycles. The minimum Gasteiger partial charge on any atom is -0.493 e. The molecule has 0 aliphatic heterocycles. The number of nitrogens with one attached hydrogen (secondary N) is 1. The number of carbonyl (C=O) groups is 1. The lowest BCUT2D eigenvalue weighted by Crippen LogP contribution is -2.20. The van der Waals surface area contributed by atoms with Gasteiger partial charge in [-0.15, -0.1) is 0 Å². The van der Waals surface area contributed by atoms with E-state index in [9.17, 15) is 4.79 Å². The highest BCUT2D eigenvalue weighted by Gasteiger charge is 2.10. The Bertz CT molecular complexity index is 946. The molecule has 5 nitrogen and oxygen atoms in total. The number of benzene rings is 2. The number of amides is 1. The van der Waals surface area contributed by atoms with E-state index in [2.05, 4.69) is 10.3 Å². The lowest BCUT2D eigenvalue weighted by atomic mass is 10.2. The molecule has 5 heteroatoms. The number of carbonyl (C=O) groups excluding carboxylic acids is 1. The quantitative estimate of drug-likeness (QED) is 0.722. The maximum Gasteiger partial charge on any atom is 0.262 e. The van der Waals surface area contributed by atoms with Crippen molar-refractivity contribution in [1.82, 2.24) is 4.98 Å². The molecule has 0 atom stereocenters. The fourth-order valence-corrected chi connectivity index (χ4v) is 2.63. The maximum atomic E-state index is 12.3. The fourth-order valence-electron chi connectivity index (χ4n) is 2.63. The number of para-hydroxylation sites is 1. The second kappa shape index (κ2) is 8.16. The van der Waals surface area contributed by atoms with Gasteiger partial charge in [0.25, 0.3) is 5.91 Å². The summed E-state index contributed by atoms with van der Waals surface area (Å²) < 4.78 is 11.0. The molecule has 0 fully saturated rings. The first-order chi connectivity index (χ1) is 12.7. The number of allylic oxidation sites excluding steroid dienone is 1. The molecule has 0 aliphatic carbocycles. The van der Waals surface area contributed by atoms with E-state index < -0.39 is 0 Å². The van der Waals surface area contributed by atoms with Gasteiger partial charge in [-0.25, -0.2) is 0 Å². The molecule has 0 radical (unpaired) electrons. The van der Waals surface area contributed by atoms with E-state index in [1.54, 1.807) is 19.4 Å². The number of rotatable bonds is 6. The smallest absolute Gasteiger partial charge is 0.262 e. The first-order valence-electron chi connectivity index (χ1n) is 8.28. The average molecular weight is 348 g/mol. The zero-order valence-electron chi connectivity index (χ0n) is 14.7. The largest absolute Gasteiger partial charge is 0.493 e. The molecule has 132 valence electrons. The fraction of sp³-hybridized carbons (Fsp3) is 0.143. The Morgan fingerprint density at radius 3 is 2.81 bits per heavy atom. The second-order valence-electron chi connectivity index (χ2n) is 5.63. The summed E-state index contributed by atoms with van der Waals surface area (Å²) in [7, 11) is 1.57. The van der Waals surface area contributed by atoms with Gasteiger partial charge in [-0.2, -0.15) is 0 Å². The summed E-state index contributed by atoms with van der Waals surface area (Å²) in [6.45, 7) is 1.83. The van der Waals surface area contributed by atoms with Crippen molar-refractivity contribution in [3.63, 3.8) is 0 Å². The van der Waals surface area contributed by atoms with Gasteiger partial charge in [0.15, 0.2) is 18.1 Å². The van der Waals surface area contributed by atoms with Crippen molar-refractivity contribution in [1.29, 1.82) is 0 Å². The van der Waals surface area contributed by atoms with Crippen LogP contribution < -0.4 is 14.8 Å². The van der Waals surface area contributed by atoms with Crippen molar-refractivity contribution >= 4 is 28.6 Å². The number of methoxy groups -OCH3 is 1. The van der Waals surface area contributed by atoms with Crippen molar-refractivity contribution in [2.45, 2.75) is 6.92 Å². The molecule has 0 bridgehead atoms. The summed E-state index contributed by atoms with van der Waals surface area (Å²) in [4.78, 5) is 16.6. The molecule has 1 aromatic heterocycles. The number of hydrogen-bond acceptors (Lipinski definition) is 4. The van der Waals surface area contributed by atoms with E-state index >= 15 is 0 Å². The number of aromatic nitrogens is 1. The highest BCUT2D eigenvalue weighted by Crippen LogP contribution is 2.28. The molecule has 0 saturated carbocycles. The van der Waals surface area contributed by atoms with Gasteiger partial charge < -0.3 is 14.8 Å². The van der Waals surface area contributed by atoms with E-state index in [1.807, 2.05) is 61.5 Å². The van der Waals surface area contributed by atoms with Crippen molar-refractivity contribution in [2.75, 3.05) is 19.0 Å². The van der Waals surface area contributed by atoms with Crippen molar-refractivity contribution in [3.05, 3.63) is 66.4 Å². The number of pyridine rings is 1. The summed E-state index contributed by atoms with van der Waals surface area (Å²) in [5.41, 5.74) is 2.41. The third-order valence-corrected chi connectivity index (χ3v) is 3.81. The molecule has 3 rings (SSSR count). The molecule has 0 unspecified atom stereocenters. The predicted molar refractivity (Wildman–Crippen MR) is 104 cm³/mol. The van der Waals surface area contributed by atoms with Crippen LogP contribution in [0.15, 0.2) is 60.8 Å². The molecular weight excluding hydrogens is 328 g/mol. The van der Waals surface area contributed by atoms with Gasteiger partial charge in [-0.1, -0.05) is 36.4 Å². The molecule has 0 spiro atoms. The monoisotopic (exact) mass is 348 g/mol. The SMILES string of the molecule is CC=Cc1ccc(OCC(=O)Nc2cccc3cccnc23)c(OC)c1. The lowest BCUT2D eigenvalue weighted by molar-refractivity contribution is -0.118. The van der Waals surface area contributed by atoms with Crippen LogP contribution in [0.2, 0.25) is 0 Å². The van der Waals surface area contributed by atoms with Crippen LogP contribution in [0.1, 0.15) is 12.5 Å². The number of ether oxygens (including phenoxy) is 2. The Kier molecular flexibility index (Phi) is 5.49. The summed E-state index contributed by atoms with van der Waals surface area (Å²) in [6, 6.07) is 15.0. The van der Waals surface area contributed by atoms with Crippen LogP contribution >= 0.6 is 0 Å². The highest BCUT2D eigenvalue weighted by atomic mass is 16.5. The summed E-state index contributed by atoms with van der Waals surface area (Å²) >= 11 is 0. The van der Waals surface area contributed by atoms with Crippen LogP contribution in [0.25, 0.3) is 17.0 Å². The normalized spacial score (nSPS) is 10.8. The minimum atomic E-state index is -0.261. The number of nitrogens with zero attached hydrogens (tertiary/aromatic N) is 1. The van der Waals surface area contributed by atoms with Crippen molar-refractivity contribution in [2.24, 2.45) is 0 Å². The summed E-state index contributed by atoms with van der Waals surface area (Å²) in [6.07, 6.45) is 5.61. The van der Waals surface area contributed by atoms with Crippen LogP contribution in [-0.4, -0.2) is 24.6 Å². The van der Waals surface area contributed by atoms with Gasteiger partial charge >= 0.3 is 0 Å². The summed E-state index contributed by atoms with van der Waals surface area (Å²) in [5.74, 6) is 0.843. The molecule has 0 aliphatic rings. The Hall–Kier alpha value is -3.34. The van der Waals surface area contributed by atoms with Crippen molar-refractivity contribution < 1.29 is 14.3 Å². The Morgan fingerprint density at radius 2 is 2.00 bits per heavy atom. The van der Waals surface area contributed by atoms with E-state index in [1.165, 1.54) is 0 Å². The highest BCUT2D eigenvalue weighted by molar-refractivity contribution is 6.00. The van der Waals surface area contributed by atoms with E-state index in [0.29, 0.717) is 17.2 Å². The minimum absolute atomic E-state index is 0.122. The van der Waals surface area contributed by atoms with Crippen LogP contribution in [-0.2, 0) is 4.79 Å². The third-order valence-electron chi connectivity index (χ3n) is 3.81. The number of anilines is 1. The number of hydrogen-bond donors (Lipinski definition) is 1. The summed E-state index contributed by atoms with van der Waals surface area (Å²) in [5, 5.41) is 3.81. The number of fused-ring (bicyclic) bond motifs is 1. The van der Waals surface area contributed by atoms with Crippen molar-refractivity contribution in [3.8, 4) is 11.5 Å². The zero-order valence-corrected chi connectivity index (χ0v) is 14.7. The molecule has 1 amide bonds. The Labute approximate surface area is 152 Å². The Balaban J connectivity index is 1.69. The van der Waals surface area contributed by atoms with Gasteiger partial charge in [-0.05, 0) is 36.8 Å². The topological polar surface area (TPSA) is 60.5 Å². The van der Waals surface area contributed by atoms with Crippen LogP contribution in [0.5, 0.6) is 11.5 Å². The van der Waals surface area contributed by atoms with Crippen LogP contribution in [0.4, 0.5) is 5.69 Å². The van der Waals surface area contributed by atoms with Gasteiger partial charge in [-0.3, -0.25) is 9.78 Å². The predicted octanol–water partition coefficient (Wildman–Crippen LogP) is 4.29.